The summed E-state index contributed by atoms with van der Waals surface area (Å²) in [6.07, 6.45) is 1.72. The summed E-state index contributed by atoms with van der Waals surface area (Å²) in [4.78, 5) is 0. The van der Waals surface area contributed by atoms with Crippen molar-refractivity contribution in [2.24, 2.45) is 5.73 Å². The Hall–Kier alpha value is -0.480. The normalized spacial score (nSPS) is 13.2. The minimum Gasteiger partial charge on any atom is -0.375 e. The zero-order chi connectivity index (χ0) is 10.1. The van der Waals surface area contributed by atoms with Crippen molar-refractivity contribution in [3.05, 3.63) is 12.7 Å². The van der Waals surface area contributed by atoms with E-state index in [0.29, 0.717) is 13.0 Å². The molecule has 0 aliphatic carbocycles. The van der Waals surface area contributed by atoms with Crippen LogP contribution in [0.15, 0.2) is 12.7 Å². The maximum atomic E-state index is 11.6. The Labute approximate surface area is 77.8 Å². The van der Waals surface area contributed by atoms with Gasteiger partial charge >= 0.3 is 0 Å². The molecule has 2 N–H and O–H groups in total. The van der Waals surface area contributed by atoms with Crippen LogP contribution in [0.3, 0.4) is 0 Å². The SMILES string of the molecule is C=CCCC(N)CCOCC(F)F. The molecule has 1 atom stereocenters. The molecule has 0 fully saturated rings. The zero-order valence-corrected chi connectivity index (χ0v) is 7.72. The minimum atomic E-state index is -2.38. The molecular formula is C9H17F2NO. The molecule has 0 aromatic carbocycles. The van der Waals surface area contributed by atoms with Gasteiger partial charge in [-0.2, -0.15) is 0 Å². The highest BCUT2D eigenvalue weighted by Gasteiger charge is 2.04. The third-order valence-electron chi connectivity index (χ3n) is 1.62. The van der Waals surface area contributed by atoms with Gasteiger partial charge in [-0.25, -0.2) is 8.78 Å². The molecule has 0 saturated carbocycles. The van der Waals surface area contributed by atoms with E-state index in [4.69, 9.17) is 5.73 Å². The highest BCUT2D eigenvalue weighted by atomic mass is 19.3. The Morgan fingerprint density at radius 3 is 2.62 bits per heavy atom. The fourth-order valence-corrected chi connectivity index (χ4v) is 0.883. The van der Waals surface area contributed by atoms with Crippen molar-refractivity contribution in [3.8, 4) is 0 Å². The van der Waals surface area contributed by atoms with Crippen LogP contribution in [0.25, 0.3) is 0 Å². The van der Waals surface area contributed by atoms with E-state index < -0.39 is 13.0 Å². The van der Waals surface area contributed by atoms with Crippen molar-refractivity contribution in [1.82, 2.24) is 0 Å². The van der Waals surface area contributed by atoms with Gasteiger partial charge in [0.05, 0.1) is 0 Å². The van der Waals surface area contributed by atoms with Crippen LogP contribution < -0.4 is 5.73 Å². The molecule has 13 heavy (non-hydrogen) atoms. The lowest BCUT2D eigenvalue weighted by molar-refractivity contribution is 0.0151. The summed E-state index contributed by atoms with van der Waals surface area (Å²) >= 11 is 0. The molecule has 0 amide bonds. The Morgan fingerprint density at radius 2 is 2.08 bits per heavy atom. The molecule has 78 valence electrons. The lowest BCUT2D eigenvalue weighted by atomic mass is 10.1. The first-order valence-electron chi connectivity index (χ1n) is 4.39. The average molecular weight is 193 g/mol. The smallest absolute Gasteiger partial charge is 0.261 e. The lowest BCUT2D eigenvalue weighted by Crippen LogP contribution is -2.22. The van der Waals surface area contributed by atoms with Crippen LogP contribution in [-0.2, 0) is 4.74 Å². The monoisotopic (exact) mass is 193 g/mol. The molecule has 0 radical (unpaired) electrons. The topological polar surface area (TPSA) is 35.2 Å². The van der Waals surface area contributed by atoms with Gasteiger partial charge in [-0.1, -0.05) is 6.08 Å². The maximum absolute atomic E-state index is 11.6. The fourth-order valence-electron chi connectivity index (χ4n) is 0.883. The van der Waals surface area contributed by atoms with Gasteiger partial charge in [0, 0.05) is 12.6 Å². The van der Waals surface area contributed by atoms with E-state index in [0.717, 1.165) is 12.8 Å². The summed E-state index contributed by atoms with van der Waals surface area (Å²) in [6.45, 7) is 3.38. The molecule has 0 heterocycles. The number of rotatable bonds is 8. The summed E-state index contributed by atoms with van der Waals surface area (Å²) in [6, 6.07) is 0.0238. The molecule has 0 aliphatic rings. The van der Waals surface area contributed by atoms with Crippen molar-refractivity contribution in [1.29, 1.82) is 0 Å². The first-order valence-corrected chi connectivity index (χ1v) is 4.39. The number of allylic oxidation sites excluding steroid dienone is 1. The van der Waals surface area contributed by atoms with E-state index in [1.54, 1.807) is 6.08 Å². The van der Waals surface area contributed by atoms with Crippen LogP contribution in [0.4, 0.5) is 8.78 Å². The molecule has 0 aliphatic heterocycles. The summed E-state index contributed by atoms with van der Waals surface area (Å²) in [5, 5.41) is 0. The van der Waals surface area contributed by atoms with E-state index >= 15 is 0 Å². The van der Waals surface area contributed by atoms with Gasteiger partial charge in [-0.3, -0.25) is 0 Å². The van der Waals surface area contributed by atoms with E-state index in [9.17, 15) is 8.78 Å². The Kier molecular flexibility index (Phi) is 7.83. The Balaban J connectivity index is 3.16. The highest BCUT2D eigenvalue weighted by molar-refractivity contribution is 4.71. The second kappa shape index (κ2) is 8.13. The van der Waals surface area contributed by atoms with Gasteiger partial charge in [-0.05, 0) is 19.3 Å². The van der Waals surface area contributed by atoms with Crippen LogP contribution in [0.2, 0.25) is 0 Å². The number of hydrogen-bond donors (Lipinski definition) is 1. The average Bonchev–Trinajstić information content (AvgIpc) is 2.08. The molecule has 0 spiro atoms. The molecule has 0 rings (SSSR count). The molecule has 2 nitrogen and oxygen atoms in total. The molecule has 1 unspecified atom stereocenters. The zero-order valence-electron chi connectivity index (χ0n) is 7.72. The van der Waals surface area contributed by atoms with E-state index in [1.165, 1.54) is 0 Å². The number of alkyl halides is 2. The minimum absolute atomic E-state index is 0.0238. The second-order valence-corrected chi connectivity index (χ2v) is 2.88. The third-order valence-corrected chi connectivity index (χ3v) is 1.62. The summed E-state index contributed by atoms with van der Waals surface area (Å²) in [5.74, 6) is 0. The third kappa shape index (κ3) is 9.43. The number of nitrogens with two attached hydrogens (primary N) is 1. The van der Waals surface area contributed by atoms with Gasteiger partial charge in [0.25, 0.3) is 6.43 Å². The van der Waals surface area contributed by atoms with Crippen molar-refractivity contribution in [2.45, 2.75) is 31.7 Å². The second-order valence-electron chi connectivity index (χ2n) is 2.88. The van der Waals surface area contributed by atoms with E-state index in [-0.39, 0.29) is 6.04 Å². The highest BCUT2D eigenvalue weighted by Crippen LogP contribution is 2.00. The van der Waals surface area contributed by atoms with Gasteiger partial charge in [0.15, 0.2) is 0 Å². The predicted molar refractivity (Wildman–Crippen MR) is 48.8 cm³/mol. The molecular weight excluding hydrogens is 176 g/mol. The van der Waals surface area contributed by atoms with E-state index in [1.807, 2.05) is 0 Å². The summed E-state index contributed by atoms with van der Waals surface area (Å²) < 4.78 is 27.9. The first kappa shape index (κ1) is 12.5. The van der Waals surface area contributed by atoms with Crippen LogP contribution in [0, 0.1) is 0 Å². The summed E-state index contributed by atoms with van der Waals surface area (Å²) in [5.41, 5.74) is 5.66. The fraction of sp³-hybridized carbons (Fsp3) is 0.778. The van der Waals surface area contributed by atoms with Crippen molar-refractivity contribution in [2.75, 3.05) is 13.2 Å². The quantitative estimate of drug-likeness (QED) is 0.472. The summed E-state index contributed by atoms with van der Waals surface area (Å²) in [7, 11) is 0. The van der Waals surface area contributed by atoms with Gasteiger partial charge in [-0.15, -0.1) is 6.58 Å². The maximum Gasteiger partial charge on any atom is 0.261 e. The van der Waals surface area contributed by atoms with E-state index in [2.05, 4.69) is 11.3 Å². The molecule has 0 aromatic heterocycles. The largest absolute Gasteiger partial charge is 0.375 e. The molecule has 0 aromatic rings. The Bertz CT molecular complexity index is 131. The Morgan fingerprint density at radius 1 is 1.38 bits per heavy atom. The predicted octanol–water partition coefficient (Wildman–Crippen LogP) is 1.95. The van der Waals surface area contributed by atoms with Crippen molar-refractivity contribution in [3.63, 3.8) is 0 Å². The van der Waals surface area contributed by atoms with Crippen LogP contribution in [0.5, 0.6) is 0 Å². The number of halogens is 2. The van der Waals surface area contributed by atoms with Crippen LogP contribution in [-0.4, -0.2) is 25.7 Å². The molecule has 4 heteroatoms. The van der Waals surface area contributed by atoms with Crippen molar-refractivity contribution < 1.29 is 13.5 Å². The van der Waals surface area contributed by atoms with Gasteiger partial charge in [0.1, 0.15) is 6.61 Å². The molecule has 0 bridgehead atoms. The van der Waals surface area contributed by atoms with Crippen LogP contribution in [0.1, 0.15) is 19.3 Å². The standard InChI is InChI=1S/C9H17F2NO/c1-2-3-4-8(12)5-6-13-7-9(10)11/h2,8-9H,1,3-7,12H2. The van der Waals surface area contributed by atoms with Crippen molar-refractivity contribution >= 4 is 0 Å². The lowest BCUT2D eigenvalue weighted by Gasteiger charge is -2.09. The van der Waals surface area contributed by atoms with Gasteiger partial charge < -0.3 is 10.5 Å². The van der Waals surface area contributed by atoms with Crippen LogP contribution >= 0.6 is 0 Å². The first-order chi connectivity index (χ1) is 6.16. The number of ether oxygens (including phenoxy) is 1. The molecule has 0 saturated heterocycles. The number of hydrogen-bond acceptors (Lipinski definition) is 2. The van der Waals surface area contributed by atoms with Gasteiger partial charge in [0.2, 0.25) is 0 Å².